The number of thiazole rings is 2. The van der Waals surface area contributed by atoms with Gasteiger partial charge in [-0.3, -0.25) is 4.79 Å². The molecule has 204 valence electrons. The topological polar surface area (TPSA) is 128 Å². The number of hydrogen-bond acceptors (Lipinski definition) is 10. The molecule has 0 radical (unpaired) electrons. The number of benzene rings is 2. The zero-order valence-corrected chi connectivity index (χ0v) is 24.0. The van der Waals surface area contributed by atoms with Gasteiger partial charge in [-0.25, -0.2) is 18.4 Å². The number of ether oxygens (including phenoxy) is 1. The number of sulfone groups is 1. The molecule has 12 heteroatoms. The third-order valence-electron chi connectivity index (χ3n) is 7.19. The number of carbonyl (C=O) groups is 1. The molecule has 1 fully saturated rings. The Morgan fingerprint density at radius 1 is 1.10 bits per heavy atom. The minimum absolute atomic E-state index is 0.0641. The van der Waals surface area contributed by atoms with Gasteiger partial charge in [0.1, 0.15) is 0 Å². The fourth-order valence-corrected chi connectivity index (χ4v) is 7.42. The van der Waals surface area contributed by atoms with Crippen LogP contribution in [0.3, 0.4) is 0 Å². The van der Waals surface area contributed by atoms with Crippen molar-refractivity contribution in [2.75, 3.05) is 36.2 Å². The third kappa shape index (κ3) is 5.42. The van der Waals surface area contributed by atoms with Crippen molar-refractivity contribution in [3.8, 4) is 0 Å². The molecule has 0 bridgehead atoms. The summed E-state index contributed by atoms with van der Waals surface area (Å²) in [4.78, 5) is 23.7. The number of amides is 1. The maximum Gasteiger partial charge on any atom is 0.233 e. The van der Waals surface area contributed by atoms with E-state index in [1.165, 1.54) is 22.7 Å². The van der Waals surface area contributed by atoms with E-state index in [0.29, 0.717) is 46.2 Å². The lowest BCUT2D eigenvalue weighted by Crippen LogP contribution is -2.44. The first-order chi connectivity index (χ1) is 18.7. The fraction of sp³-hybridized carbons (Fsp3) is 0.296. The highest BCUT2D eigenvalue weighted by Crippen LogP contribution is 2.46. The second-order valence-electron chi connectivity index (χ2n) is 9.56. The second-order valence-corrected chi connectivity index (χ2v) is 13.3. The minimum atomic E-state index is -3.64. The van der Waals surface area contributed by atoms with Crippen molar-refractivity contribution in [3.63, 3.8) is 0 Å². The number of nitrogen functional groups attached to an aromatic ring is 1. The quantitative estimate of drug-likeness (QED) is 0.312. The number of anilines is 4. The highest BCUT2D eigenvalue weighted by Gasteiger charge is 2.42. The number of nitrogens with zero attached hydrogens (tertiary/aromatic N) is 3. The average molecular weight is 584 g/mol. The highest BCUT2D eigenvalue weighted by atomic mass is 32.2. The van der Waals surface area contributed by atoms with Crippen LogP contribution in [0.1, 0.15) is 31.2 Å². The van der Waals surface area contributed by atoms with Crippen molar-refractivity contribution in [3.05, 3.63) is 71.2 Å². The van der Waals surface area contributed by atoms with E-state index in [2.05, 4.69) is 22.2 Å². The number of aromatic nitrogens is 2. The van der Waals surface area contributed by atoms with Crippen LogP contribution in [0, 0.1) is 5.41 Å². The summed E-state index contributed by atoms with van der Waals surface area (Å²) in [6, 6.07) is 12.2. The second kappa shape index (κ2) is 11.0. The Morgan fingerprint density at radius 3 is 2.41 bits per heavy atom. The van der Waals surface area contributed by atoms with Crippen LogP contribution in [0.2, 0.25) is 0 Å². The standard InChI is InChI=1S/C24H25N3O4S2.C3H4N2S/c1-3-24(14-31-15-24)13-17(22(28)26-23-25-10-11-32-23)16-8-9-21-19(12-16)27(2)18-6-4-5-7-20(18)33(21,29)30;4-3-5-1-2-6-3/h4-12,17H,3,13-15H2,1-2H3,(H,25,26,28);1-2H,(H2,4,5). The number of para-hydroxylation sites is 1. The van der Waals surface area contributed by atoms with Gasteiger partial charge in [0.2, 0.25) is 15.7 Å². The first-order valence-electron chi connectivity index (χ1n) is 12.4. The molecule has 6 rings (SSSR count). The lowest BCUT2D eigenvalue weighted by molar-refractivity contribution is -0.132. The third-order valence-corrected chi connectivity index (χ3v) is 10.3. The average Bonchev–Trinajstić information content (AvgIpc) is 3.61. The Labute approximate surface area is 235 Å². The summed E-state index contributed by atoms with van der Waals surface area (Å²) in [6.07, 6.45) is 4.85. The van der Waals surface area contributed by atoms with Crippen molar-refractivity contribution in [1.29, 1.82) is 0 Å². The first-order valence-corrected chi connectivity index (χ1v) is 15.6. The van der Waals surface area contributed by atoms with E-state index in [0.717, 1.165) is 12.0 Å². The van der Waals surface area contributed by atoms with E-state index in [4.69, 9.17) is 10.5 Å². The van der Waals surface area contributed by atoms with Crippen LogP contribution < -0.4 is 16.0 Å². The van der Waals surface area contributed by atoms with Crippen molar-refractivity contribution in [2.45, 2.75) is 35.5 Å². The number of nitrogens with one attached hydrogen (secondary N) is 1. The number of rotatable bonds is 6. The van der Waals surface area contributed by atoms with Crippen molar-refractivity contribution >= 4 is 60.1 Å². The predicted octanol–water partition coefficient (Wildman–Crippen LogP) is 5.32. The van der Waals surface area contributed by atoms with Gasteiger partial charge in [0.15, 0.2) is 10.3 Å². The zero-order chi connectivity index (χ0) is 27.6. The number of nitrogens with two attached hydrogens (primary N) is 1. The molecule has 1 saturated heterocycles. The summed E-state index contributed by atoms with van der Waals surface area (Å²) in [5, 5.41) is 7.77. The van der Waals surface area contributed by atoms with Crippen LogP contribution in [0.4, 0.5) is 21.6 Å². The molecule has 1 atom stereocenters. The summed E-state index contributed by atoms with van der Waals surface area (Å²) in [7, 11) is -1.79. The molecule has 9 nitrogen and oxygen atoms in total. The Balaban J connectivity index is 0.000000455. The monoisotopic (exact) mass is 583 g/mol. The largest absolute Gasteiger partial charge is 0.380 e. The van der Waals surface area contributed by atoms with E-state index in [1.54, 1.807) is 42.7 Å². The van der Waals surface area contributed by atoms with Crippen LogP contribution in [0.25, 0.3) is 0 Å². The van der Waals surface area contributed by atoms with Gasteiger partial charge >= 0.3 is 0 Å². The molecule has 0 aliphatic carbocycles. The fourth-order valence-electron chi connectivity index (χ4n) is 4.81. The van der Waals surface area contributed by atoms with Crippen LogP contribution >= 0.6 is 22.7 Å². The van der Waals surface area contributed by atoms with Crippen molar-refractivity contribution < 1.29 is 17.9 Å². The van der Waals surface area contributed by atoms with E-state index in [1.807, 2.05) is 34.8 Å². The summed E-state index contributed by atoms with van der Waals surface area (Å²) in [5.74, 6) is -0.609. The molecule has 2 aliphatic heterocycles. The van der Waals surface area contributed by atoms with Gasteiger partial charge in [0, 0.05) is 35.6 Å². The van der Waals surface area contributed by atoms with Crippen LogP contribution in [0.5, 0.6) is 0 Å². The molecular weight excluding hydrogens is 555 g/mol. The molecule has 39 heavy (non-hydrogen) atoms. The number of fused-ring (bicyclic) bond motifs is 2. The van der Waals surface area contributed by atoms with Gasteiger partial charge in [-0.05, 0) is 42.7 Å². The number of carbonyl (C=O) groups excluding carboxylic acids is 1. The summed E-state index contributed by atoms with van der Waals surface area (Å²) >= 11 is 2.81. The van der Waals surface area contributed by atoms with E-state index in [9.17, 15) is 13.2 Å². The Kier molecular flexibility index (Phi) is 7.72. The molecule has 2 aromatic carbocycles. The molecule has 0 spiro atoms. The normalized spacial score (nSPS) is 17.0. The van der Waals surface area contributed by atoms with E-state index >= 15 is 0 Å². The highest BCUT2D eigenvalue weighted by molar-refractivity contribution is 7.92. The molecular formula is C27H29N5O4S3. The van der Waals surface area contributed by atoms with Crippen LogP contribution in [-0.2, 0) is 19.4 Å². The van der Waals surface area contributed by atoms with Gasteiger partial charge in [0.05, 0.1) is 40.3 Å². The summed E-state index contributed by atoms with van der Waals surface area (Å²) in [6.45, 7) is 3.36. The zero-order valence-electron chi connectivity index (χ0n) is 21.5. The minimum Gasteiger partial charge on any atom is -0.380 e. The Morgan fingerprint density at radius 2 is 1.82 bits per heavy atom. The Bertz CT molecular complexity index is 1550. The molecule has 2 aliphatic rings. The lowest BCUT2D eigenvalue weighted by atomic mass is 9.73. The molecule has 1 unspecified atom stereocenters. The van der Waals surface area contributed by atoms with Crippen molar-refractivity contribution in [2.24, 2.45) is 5.41 Å². The molecule has 3 N–H and O–H groups in total. The maximum absolute atomic E-state index is 13.4. The maximum atomic E-state index is 13.4. The molecule has 4 aromatic rings. The lowest BCUT2D eigenvalue weighted by Gasteiger charge is -2.43. The molecule has 0 saturated carbocycles. The molecule has 2 aromatic heterocycles. The number of hydrogen-bond donors (Lipinski definition) is 2. The van der Waals surface area contributed by atoms with Gasteiger partial charge in [-0.15, -0.1) is 22.7 Å². The van der Waals surface area contributed by atoms with Gasteiger partial charge < -0.3 is 20.7 Å². The van der Waals surface area contributed by atoms with E-state index < -0.39 is 15.8 Å². The Hall–Kier alpha value is -3.32. The predicted molar refractivity (Wildman–Crippen MR) is 155 cm³/mol. The van der Waals surface area contributed by atoms with Crippen LogP contribution in [-0.4, -0.2) is 44.6 Å². The molecule has 1 amide bonds. The van der Waals surface area contributed by atoms with Crippen LogP contribution in [0.15, 0.2) is 75.4 Å². The van der Waals surface area contributed by atoms with Gasteiger partial charge in [-0.1, -0.05) is 25.1 Å². The SMILES string of the molecule is CCC1(CC(C(=O)Nc2nccs2)c2ccc3c(c2)N(C)c2ccccc2S3(=O)=O)COC1.Nc1nccs1. The van der Waals surface area contributed by atoms with E-state index in [-0.39, 0.29) is 16.2 Å². The molecule has 4 heterocycles. The first kappa shape index (κ1) is 27.3. The van der Waals surface area contributed by atoms with Crippen molar-refractivity contribution in [1.82, 2.24) is 9.97 Å². The summed E-state index contributed by atoms with van der Waals surface area (Å²) in [5.41, 5.74) is 7.11. The summed E-state index contributed by atoms with van der Waals surface area (Å²) < 4.78 is 32.0. The smallest absolute Gasteiger partial charge is 0.233 e. The van der Waals surface area contributed by atoms with Gasteiger partial charge in [0.25, 0.3) is 0 Å². The van der Waals surface area contributed by atoms with Gasteiger partial charge in [-0.2, -0.15) is 0 Å².